The second kappa shape index (κ2) is 5.04. The molecule has 6 nitrogen and oxygen atoms in total. The predicted molar refractivity (Wildman–Crippen MR) is 77.1 cm³/mol. The summed E-state index contributed by atoms with van der Waals surface area (Å²) in [4.78, 5) is 0. The molecule has 0 bridgehead atoms. The fourth-order valence-corrected chi connectivity index (χ4v) is 3.87. The quantitative estimate of drug-likeness (QED) is 0.671. The van der Waals surface area contributed by atoms with E-state index in [1.165, 1.54) is 0 Å². The fraction of sp³-hybridized carbons (Fsp3) is 0.231. The maximum Gasteiger partial charge on any atom is 0.261 e. The van der Waals surface area contributed by atoms with E-state index in [2.05, 4.69) is 0 Å². The first-order valence-corrected chi connectivity index (χ1v) is 8.02. The predicted octanol–water partition coefficient (Wildman–Crippen LogP) is 3.51. The Bertz CT molecular complexity index is 733. The van der Waals surface area contributed by atoms with E-state index in [1.54, 1.807) is 0 Å². The summed E-state index contributed by atoms with van der Waals surface area (Å²) in [6.07, 6.45) is 0.451. The van der Waals surface area contributed by atoms with Gasteiger partial charge in [0.25, 0.3) is 5.88 Å². The van der Waals surface area contributed by atoms with Crippen molar-refractivity contribution in [3.63, 3.8) is 0 Å². The summed E-state index contributed by atoms with van der Waals surface area (Å²) in [6, 6.07) is 2.56. The van der Waals surface area contributed by atoms with Crippen molar-refractivity contribution in [1.29, 1.82) is 0 Å². The minimum atomic E-state index is -3.17. The number of hydrogen-bond donors (Lipinski definition) is 4. The molecule has 0 amide bonds. The van der Waals surface area contributed by atoms with Crippen LogP contribution in [0.25, 0.3) is 11.3 Å². The molecule has 0 saturated carbocycles. The van der Waals surface area contributed by atoms with Crippen molar-refractivity contribution in [2.75, 3.05) is 16.6 Å². The molecule has 0 spiro atoms. The zero-order chi connectivity index (χ0) is 16.1. The van der Waals surface area contributed by atoms with Crippen LogP contribution < -0.4 is 4.31 Å². The van der Waals surface area contributed by atoms with E-state index in [4.69, 9.17) is 4.42 Å². The van der Waals surface area contributed by atoms with Crippen molar-refractivity contribution >= 4 is 16.7 Å². The summed E-state index contributed by atoms with van der Waals surface area (Å²) in [5.41, 5.74) is -0.380. The van der Waals surface area contributed by atoms with Gasteiger partial charge in [-0.2, -0.15) is 0 Å². The highest BCUT2D eigenvalue weighted by Gasteiger charge is 2.36. The highest BCUT2D eigenvalue weighted by Crippen LogP contribution is 2.57. The lowest BCUT2D eigenvalue weighted by atomic mass is 10.1. The Morgan fingerprint density at radius 2 is 1.86 bits per heavy atom. The molecule has 1 aliphatic heterocycles. The number of benzene rings is 1. The Hall–Kier alpha value is -1.97. The molecule has 0 radical (unpaired) electrons. The Morgan fingerprint density at radius 1 is 1.14 bits per heavy atom. The molecule has 22 heavy (non-hydrogen) atoms. The van der Waals surface area contributed by atoms with Crippen molar-refractivity contribution in [2.45, 2.75) is 6.42 Å². The minimum Gasteiger partial charge on any atom is -0.502 e. The Kier molecular flexibility index (Phi) is 3.42. The zero-order valence-corrected chi connectivity index (χ0v) is 12.0. The van der Waals surface area contributed by atoms with Gasteiger partial charge in [-0.3, -0.25) is 9.11 Å². The normalized spacial score (nSPS) is 18.6. The number of nitrogens with zero attached hydrogens (tertiary/aromatic N) is 1. The van der Waals surface area contributed by atoms with E-state index in [0.29, 0.717) is 6.42 Å². The van der Waals surface area contributed by atoms with Gasteiger partial charge in [-0.15, -0.1) is 10.8 Å². The van der Waals surface area contributed by atoms with Crippen molar-refractivity contribution in [2.24, 2.45) is 0 Å². The van der Waals surface area contributed by atoms with Crippen LogP contribution in [0.5, 0.6) is 11.5 Å². The lowest BCUT2D eigenvalue weighted by Gasteiger charge is -2.35. The van der Waals surface area contributed by atoms with Gasteiger partial charge >= 0.3 is 0 Å². The number of anilines is 1. The largest absolute Gasteiger partial charge is 0.502 e. The van der Waals surface area contributed by atoms with E-state index in [0.717, 1.165) is 22.5 Å². The maximum atomic E-state index is 13.8. The number of furan rings is 1. The van der Waals surface area contributed by atoms with E-state index < -0.39 is 39.7 Å². The van der Waals surface area contributed by atoms with Crippen LogP contribution in [0.2, 0.25) is 0 Å². The van der Waals surface area contributed by atoms with Crippen LogP contribution in [0.4, 0.5) is 14.7 Å². The first kappa shape index (κ1) is 14.9. The molecule has 0 unspecified atom stereocenters. The third-order valence-electron chi connectivity index (χ3n) is 3.37. The molecule has 2 aromatic rings. The van der Waals surface area contributed by atoms with Gasteiger partial charge in [0.15, 0.2) is 5.76 Å². The average molecular weight is 333 g/mol. The standard InChI is InChI=1S/C13H13F2NO5S/c14-7-2-3-9(15)8(6-7)12-10(17)11(18)13(21-12)16-4-1-5-22(16,19)20/h2-3,6,17-20H,1,4-5H2. The van der Waals surface area contributed by atoms with E-state index >= 15 is 0 Å². The van der Waals surface area contributed by atoms with Crippen LogP contribution >= 0.6 is 10.8 Å². The fourth-order valence-electron chi connectivity index (χ4n) is 2.32. The van der Waals surface area contributed by atoms with Gasteiger partial charge < -0.3 is 14.6 Å². The molecular weight excluding hydrogens is 320 g/mol. The maximum absolute atomic E-state index is 13.8. The van der Waals surface area contributed by atoms with E-state index in [-0.39, 0.29) is 23.7 Å². The van der Waals surface area contributed by atoms with Gasteiger partial charge in [-0.1, -0.05) is 0 Å². The lowest BCUT2D eigenvalue weighted by molar-refractivity contribution is 0.408. The molecule has 1 aromatic heterocycles. The Morgan fingerprint density at radius 3 is 2.50 bits per heavy atom. The average Bonchev–Trinajstić information content (AvgIpc) is 2.94. The SMILES string of the molecule is Oc1c(-c2cc(F)ccc2F)oc(N2CCCS2(O)O)c1O. The van der Waals surface area contributed by atoms with Crippen LogP contribution in [-0.2, 0) is 0 Å². The van der Waals surface area contributed by atoms with Gasteiger partial charge in [-0.05, 0) is 24.6 Å². The second-order valence-electron chi connectivity index (χ2n) is 4.85. The van der Waals surface area contributed by atoms with E-state index in [9.17, 15) is 28.1 Å². The highest BCUT2D eigenvalue weighted by atomic mass is 32.3. The summed E-state index contributed by atoms with van der Waals surface area (Å²) in [5.74, 6) is -3.91. The van der Waals surface area contributed by atoms with Crippen LogP contribution in [0.1, 0.15) is 6.42 Å². The number of rotatable bonds is 2. The third-order valence-corrected chi connectivity index (χ3v) is 5.26. The second-order valence-corrected chi connectivity index (χ2v) is 6.96. The van der Waals surface area contributed by atoms with Gasteiger partial charge in [-0.25, -0.2) is 13.1 Å². The molecule has 1 saturated heterocycles. The number of hydrogen-bond acceptors (Lipinski definition) is 6. The third kappa shape index (κ3) is 2.27. The summed E-state index contributed by atoms with van der Waals surface area (Å²) >= 11 is 0. The minimum absolute atomic E-state index is 0.0948. The molecule has 0 aliphatic carbocycles. The summed E-state index contributed by atoms with van der Waals surface area (Å²) < 4.78 is 53.0. The first-order valence-electron chi connectivity index (χ1n) is 6.35. The molecule has 1 fully saturated rings. The molecule has 0 atom stereocenters. The first-order chi connectivity index (χ1) is 10.3. The van der Waals surface area contributed by atoms with Gasteiger partial charge in [0.1, 0.15) is 11.6 Å². The van der Waals surface area contributed by atoms with Crippen LogP contribution in [0.3, 0.4) is 0 Å². The summed E-state index contributed by atoms with van der Waals surface area (Å²) in [5, 5.41) is 19.8. The molecule has 2 heterocycles. The number of aromatic hydroxyl groups is 2. The van der Waals surface area contributed by atoms with Crippen molar-refractivity contribution < 1.29 is 32.5 Å². The summed E-state index contributed by atoms with van der Waals surface area (Å²) in [7, 11) is -3.17. The van der Waals surface area contributed by atoms with Crippen molar-refractivity contribution in [3.8, 4) is 22.8 Å². The lowest BCUT2D eigenvalue weighted by Crippen LogP contribution is -2.21. The zero-order valence-electron chi connectivity index (χ0n) is 11.2. The van der Waals surface area contributed by atoms with Crippen LogP contribution in [-0.4, -0.2) is 31.6 Å². The number of halogens is 2. The van der Waals surface area contributed by atoms with Gasteiger partial charge in [0, 0.05) is 6.54 Å². The van der Waals surface area contributed by atoms with Crippen molar-refractivity contribution in [3.05, 3.63) is 29.8 Å². The van der Waals surface area contributed by atoms with Crippen LogP contribution in [0, 0.1) is 11.6 Å². The molecule has 9 heteroatoms. The smallest absolute Gasteiger partial charge is 0.261 e. The Labute approximate surface area is 125 Å². The topological polar surface area (TPSA) is 97.3 Å². The molecular formula is C13H13F2NO5S. The van der Waals surface area contributed by atoms with Gasteiger partial charge in [0.2, 0.25) is 11.5 Å². The molecule has 120 valence electrons. The van der Waals surface area contributed by atoms with E-state index in [1.807, 2.05) is 0 Å². The van der Waals surface area contributed by atoms with Gasteiger partial charge in [0.05, 0.1) is 11.3 Å². The highest BCUT2D eigenvalue weighted by molar-refractivity contribution is 8.25. The van der Waals surface area contributed by atoms with Crippen molar-refractivity contribution in [1.82, 2.24) is 0 Å². The van der Waals surface area contributed by atoms with Crippen LogP contribution in [0.15, 0.2) is 22.6 Å². The molecule has 1 aliphatic rings. The molecule has 1 aromatic carbocycles. The Balaban J connectivity index is 2.12. The molecule has 3 rings (SSSR count). The molecule has 4 N–H and O–H groups in total. The summed E-state index contributed by atoms with van der Waals surface area (Å²) in [6.45, 7) is 0.188. The monoisotopic (exact) mass is 333 g/mol.